The summed E-state index contributed by atoms with van der Waals surface area (Å²) in [4.78, 5) is 0. The van der Waals surface area contributed by atoms with Crippen molar-refractivity contribution in [2.45, 2.75) is 72.3 Å². The smallest absolute Gasteiger partial charge is 0.00393 e. The molecule has 0 saturated heterocycles. The van der Waals surface area contributed by atoms with Crippen molar-refractivity contribution in [3.05, 3.63) is 34.4 Å². The molecule has 18 heavy (non-hydrogen) atoms. The van der Waals surface area contributed by atoms with Gasteiger partial charge < -0.3 is 5.73 Å². The number of rotatable bonds is 4. The lowest BCUT2D eigenvalue weighted by Crippen LogP contribution is -2.19. The zero-order valence-corrected chi connectivity index (χ0v) is 12.9. The number of benzene rings is 1. The second-order valence-electron chi connectivity index (χ2n) is 6.55. The lowest BCUT2D eigenvalue weighted by molar-refractivity contribution is 0.583. The first-order chi connectivity index (χ1) is 8.25. The fraction of sp³-hybridized carbons (Fsp3) is 0.647. The highest BCUT2D eigenvalue weighted by Crippen LogP contribution is 2.27. The summed E-state index contributed by atoms with van der Waals surface area (Å²) >= 11 is 0. The summed E-state index contributed by atoms with van der Waals surface area (Å²) in [6.45, 7) is 13.4. The first-order valence-electron chi connectivity index (χ1n) is 7.12. The summed E-state index contributed by atoms with van der Waals surface area (Å²) < 4.78 is 0. The van der Waals surface area contributed by atoms with Gasteiger partial charge in [0.15, 0.2) is 0 Å². The Kier molecular flexibility index (Phi) is 4.98. The molecule has 0 saturated carbocycles. The second-order valence-corrected chi connectivity index (χ2v) is 6.55. The van der Waals surface area contributed by atoms with Gasteiger partial charge in [0.25, 0.3) is 0 Å². The van der Waals surface area contributed by atoms with E-state index in [9.17, 15) is 0 Å². The molecule has 1 nitrogen and oxygen atoms in total. The van der Waals surface area contributed by atoms with Crippen molar-refractivity contribution in [2.24, 2.45) is 5.73 Å². The molecule has 1 atom stereocenters. The predicted octanol–water partition coefficient (Wildman–Crippen LogP) is 4.27. The van der Waals surface area contributed by atoms with Gasteiger partial charge >= 0.3 is 0 Å². The number of hydrogen-bond donors (Lipinski definition) is 1. The highest BCUT2D eigenvalue weighted by atomic mass is 14.6. The molecule has 1 heteroatoms. The van der Waals surface area contributed by atoms with E-state index in [1.807, 2.05) is 0 Å². The zero-order chi connectivity index (χ0) is 13.9. The molecule has 1 aromatic carbocycles. The number of aryl methyl sites for hydroxylation is 2. The lowest BCUT2D eigenvalue weighted by atomic mass is 9.83. The van der Waals surface area contributed by atoms with Crippen LogP contribution in [-0.4, -0.2) is 6.04 Å². The van der Waals surface area contributed by atoms with Crippen LogP contribution in [-0.2, 0) is 11.8 Å². The SMILES string of the molecule is CCC(N)CCc1c(C)cc(C(C)(C)C)cc1C. The maximum absolute atomic E-state index is 6.02. The van der Waals surface area contributed by atoms with E-state index in [1.165, 1.54) is 22.3 Å². The Labute approximate surface area is 113 Å². The Hall–Kier alpha value is -0.820. The standard InChI is InChI=1S/C17H29N/c1-7-15(18)8-9-16-12(2)10-14(11-13(16)3)17(4,5)6/h10-11,15H,7-9,18H2,1-6H3. The second kappa shape index (κ2) is 5.88. The van der Waals surface area contributed by atoms with Crippen molar-refractivity contribution in [3.8, 4) is 0 Å². The molecule has 0 heterocycles. The molecule has 0 fully saturated rings. The molecule has 0 amide bonds. The lowest BCUT2D eigenvalue weighted by Gasteiger charge is -2.22. The fourth-order valence-corrected chi connectivity index (χ4v) is 2.35. The molecule has 0 bridgehead atoms. The minimum absolute atomic E-state index is 0.230. The molecule has 0 aliphatic heterocycles. The van der Waals surface area contributed by atoms with Crippen LogP contribution in [0.5, 0.6) is 0 Å². The summed E-state index contributed by atoms with van der Waals surface area (Å²) in [5, 5.41) is 0. The molecule has 0 aromatic heterocycles. The van der Waals surface area contributed by atoms with Gasteiger partial charge in [0.05, 0.1) is 0 Å². The van der Waals surface area contributed by atoms with E-state index in [-0.39, 0.29) is 5.41 Å². The zero-order valence-electron chi connectivity index (χ0n) is 12.9. The highest BCUT2D eigenvalue weighted by Gasteiger charge is 2.16. The summed E-state index contributed by atoms with van der Waals surface area (Å²) in [5.41, 5.74) is 12.0. The monoisotopic (exact) mass is 247 g/mol. The van der Waals surface area contributed by atoms with Gasteiger partial charge in [-0.1, -0.05) is 39.8 Å². The Balaban J connectivity index is 2.95. The maximum atomic E-state index is 6.02. The van der Waals surface area contributed by atoms with Gasteiger partial charge in [-0.25, -0.2) is 0 Å². The Morgan fingerprint density at radius 2 is 1.61 bits per heavy atom. The molecule has 0 aliphatic rings. The van der Waals surface area contributed by atoms with Crippen LogP contribution in [0.3, 0.4) is 0 Å². The van der Waals surface area contributed by atoms with Gasteiger partial charge in [-0.05, 0) is 60.8 Å². The minimum Gasteiger partial charge on any atom is -0.328 e. The molecule has 1 unspecified atom stereocenters. The molecule has 102 valence electrons. The molecule has 0 radical (unpaired) electrons. The summed E-state index contributed by atoms with van der Waals surface area (Å²) in [6.07, 6.45) is 3.27. The van der Waals surface area contributed by atoms with Crippen LogP contribution < -0.4 is 5.73 Å². The van der Waals surface area contributed by atoms with Gasteiger partial charge in [0, 0.05) is 6.04 Å². The van der Waals surface area contributed by atoms with E-state index >= 15 is 0 Å². The molecule has 1 rings (SSSR count). The van der Waals surface area contributed by atoms with Crippen LogP contribution in [0.25, 0.3) is 0 Å². The normalized spacial score (nSPS) is 13.7. The van der Waals surface area contributed by atoms with Crippen LogP contribution in [0, 0.1) is 13.8 Å². The van der Waals surface area contributed by atoms with E-state index in [0.29, 0.717) is 6.04 Å². The largest absolute Gasteiger partial charge is 0.328 e. The fourth-order valence-electron chi connectivity index (χ4n) is 2.35. The van der Waals surface area contributed by atoms with Crippen LogP contribution >= 0.6 is 0 Å². The minimum atomic E-state index is 0.230. The number of hydrogen-bond acceptors (Lipinski definition) is 1. The summed E-state index contributed by atoms with van der Waals surface area (Å²) in [5.74, 6) is 0. The van der Waals surface area contributed by atoms with E-state index < -0.39 is 0 Å². The van der Waals surface area contributed by atoms with Crippen LogP contribution in [0.4, 0.5) is 0 Å². The first-order valence-corrected chi connectivity index (χ1v) is 7.12. The van der Waals surface area contributed by atoms with Gasteiger partial charge in [-0.2, -0.15) is 0 Å². The molecule has 0 spiro atoms. The van der Waals surface area contributed by atoms with Crippen molar-refractivity contribution < 1.29 is 0 Å². The van der Waals surface area contributed by atoms with Crippen LogP contribution in [0.2, 0.25) is 0 Å². The molecule has 0 aliphatic carbocycles. The van der Waals surface area contributed by atoms with E-state index in [0.717, 1.165) is 19.3 Å². The Morgan fingerprint density at radius 3 is 2.00 bits per heavy atom. The van der Waals surface area contributed by atoms with Crippen molar-refractivity contribution in [3.63, 3.8) is 0 Å². The summed E-state index contributed by atoms with van der Waals surface area (Å²) in [7, 11) is 0. The average Bonchev–Trinajstić information content (AvgIpc) is 2.26. The summed E-state index contributed by atoms with van der Waals surface area (Å²) in [6, 6.07) is 5.03. The van der Waals surface area contributed by atoms with Crippen molar-refractivity contribution in [2.75, 3.05) is 0 Å². The Bertz CT molecular complexity index is 376. The quantitative estimate of drug-likeness (QED) is 0.844. The average molecular weight is 247 g/mol. The van der Waals surface area contributed by atoms with Gasteiger partial charge in [0.1, 0.15) is 0 Å². The maximum Gasteiger partial charge on any atom is 0.00393 e. The third-order valence-corrected chi connectivity index (χ3v) is 3.85. The van der Waals surface area contributed by atoms with Crippen LogP contribution in [0.1, 0.15) is 62.8 Å². The van der Waals surface area contributed by atoms with Crippen molar-refractivity contribution >= 4 is 0 Å². The van der Waals surface area contributed by atoms with Crippen LogP contribution in [0.15, 0.2) is 12.1 Å². The van der Waals surface area contributed by atoms with Gasteiger partial charge in [-0.3, -0.25) is 0 Å². The third kappa shape index (κ3) is 3.84. The van der Waals surface area contributed by atoms with Gasteiger partial charge in [0.2, 0.25) is 0 Å². The van der Waals surface area contributed by atoms with E-state index in [2.05, 4.69) is 53.7 Å². The topological polar surface area (TPSA) is 26.0 Å². The molecule has 2 N–H and O–H groups in total. The van der Waals surface area contributed by atoms with Crippen molar-refractivity contribution in [1.29, 1.82) is 0 Å². The highest BCUT2D eigenvalue weighted by molar-refractivity contribution is 5.40. The third-order valence-electron chi connectivity index (χ3n) is 3.85. The molecular formula is C17H29N. The molecular weight excluding hydrogens is 218 g/mol. The molecule has 1 aromatic rings. The van der Waals surface area contributed by atoms with Gasteiger partial charge in [-0.15, -0.1) is 0 Å². The number of nitrogens with two attached hydrogens (primary N) is 1. The predicted molar refractivity (Wildman–Crippen MR) is 81.2 cm³/mol. The van der Waals surface area contributed by atoms with Crippen molar-refractivity contribution in [1.82, 2.24) is 0 Å². The first kappa shape index (κ1) is 15.2. The van der Waals surface area contributed by atoms with E-state index in [1.54, 1.807) is 0 Å². The van der Waals surface area contributed by atoms with E-state index in [4.69, 9.17) is 5.73 Å². The Morgan fingerprint density at radius 1 is 1.11 bits per heavy atom.